The Hall–Kier alpha value is -2.57. The Morgan fingerprint density at radius 2 is 1.86 bits per heavy atom. The average Bonchev–Trinajstić information content (AvgIpc) is 3.43. The fourth-order valence-corrected chi connectivity index (χ4v) is 5.84. The molecule has 5 atom stereocenters. The summed E-state index contributed by atoms with van der Waals surface area (Å²) in [5.74, 6) is -0.0554. The molecule has 1 saturated carbocycles. The van der Waals surface area contributed by atoms with Crippen molar-refractivity contribution in [2.75, 3.05) is 0 Å². The molecule has 0 spiro atoms. The van der Waals surface area contributed by atoms with Gasteiger partial charge >= 0.3 is 7.12 Å². The molecule has 2 heterocycles. The summed E-state index contributed by atoms with van der Waals surface area (Å²) >= 11 is 0. The van der Waals surface area contributed by atoms with E-state index >= 15 is 0 Å². The topological polar surface area (TPSA) is 60.7 Å². The summed E-state index contributed by atoms with van der Waals surface area (Å²) in [5, 5.41) is 4.36. The molecule has 5 nitrogen and oxygen atoms in total. The second-order valence-corrected chi connectivity index (χ2v) is 12.0. The van der Waals surface area contributed by atoms with Gasteiger partial charge < -0.3 is 19.0 Å². The number of carbonyl (C=O) groups excluding carboxylic acids is 1. The molecule has 1 saturated heterocycles. The molecule has 190 valence electrons. The maximum atomic E-state index is 13.4. The molecule has 1 aliphatic heterocycles. The lowest BCUT2D eigenvalue weighted by Crippen LogP contribution is -2.50. The molecule has 1 aromatic heterocycles. The van der Waals surface area contributed by atoms with Gasteiger partial charge in [0.1, 0.15) is 5.58 Å². The quantitative estimate of drug-likeness (QED) is 0.414. The Kier molecular flexibility index (Phi) is 6.77. The first-order chi connectivity index (χ1) is 17.1. The molecule has 0 bridgehead atoms. The number of furan rings is 1. The van der Waals surface area contributed by atoms with E-state index < -0.39 is 7.12 Å². The highest BCUT2D eigenvalue weighted by Gasteiger charge is 2.55. The van der Waals surface area contributed by atoms with Crippen LogP contribution in [0.4, 0.5) is 0 Å². The monoisotopic (exact) mass is 487 g/mol. The lowest BCUT2D eigenvalue weighted by molar-refractivity contribution is -0.122. The van der Waals surface area contributed by atoms with E-state index in [1.54, 1.807) is 6.26 Å². The van der Waals surface area contributed by atoms with Crippen LogP contribution in [0.2, 0.25) is 0 Å². The molecule has 2 fully saturated rings. The van der Waals surface area contributed by atoms with Gasteiger partial charge in [0.05, 0.1) is 29.8 Å². The lowest BCUT2D eigenvalue weighted by atomic mass is 9.67. The average molecular weight is 487 g/mol. The number of carbonyl (C=O) groups is 1. The first-order valence-corrected chi connectivity index (χ1v) is 13.3. The highest BCUT2D eigenvalue weighted by Crippen LogP contribution is 2.47. The van der Waals surface area contributed by atoms with Crippen LogP contribution in [0.1, 0.15) is 70.9 Å². The van der Waals surface area contributed by atoms with Crippen molar-refractivity contribution in [3.63, 3.8) is 0 Å². The SMILES string of the molecule is CC(C(=O)NC(Cc1coc2ccccc12)B1OC2C[C@@H](C(C)(C)C)CC[C@]2(C)O1)c1ccccc1. The standard InChI is InChI=1S/C30H38BNO4/c1-20(21-11-7-6-8-12-21)28(33)32-27(17-22-19-34-25-14-10-9-13-24(22)25)31-35-26-18-23(29(2,3)4)15-16-30(26,5)36-31/h6-14,19-20,23,26-27H,15-18H2,1-5H3,(H,32,33)/t20?,23-,26?,27?,30-/m0/s1. The van der Waals surface area contributed by atoms with Gasteiger partial charge in [0.2, 0.25) is 5.91 Å². The summed E-state index contributed by atoms with van der Waals surface area (Å²) in [7, 11) is -0.515. The zero-order chi connectivity index (χ0) is 25.5. The van der Waals surface area contributed by atoms with Crippen LogP contribution in [0.3, 0.4) is 0 Å². The van der Waals surface area contributed by atoms with E-state index in [0.717, 1.165) is 41.4 Å². The minimum Gasteiger partial charge on any atom is -0.464 e. The predicted octanol–water partition coefficient (Wildman–Crippen LogP) is 6.31. The van der Waals surface area contributed by atoms with Crippen LogP contribution >= 0.6 is 0 Å². The summed E-state index contributed by atoms with van der Waals surface area (Å²) in [5.41, 5.74) is 2.78. The largest absolute Gasteiger partial charge is 0.482 e. The molecule has 6 heteroatoms. The Morgan fingerprint density at radius 1 is 1.14 bits per heavy atom. The Balaban J connectivity index is 1.39. The van der Waals surface area contributed by atoms with Crippen molar-refractivity contribution in [1.29, 1.82) is 0 Å². The zero-order valence-corrected chi connectivity index (χ0v) is 22.1. The summed E-state index contributed by atoms with van der Waals surface area (Å²) in [6.07, 6.45) is 5.45. The van der Waals surface area contributed by atoms with Crippen molar-refractivity contribution in [3.05, 3.63) is 72.0 Å². The van der Waals surface area contributed by atoms with Gasteiger partial charge in [0.15, 0.2) is 0 Å². The van der Waals surface area contributed by atoms with Crippen molar-refractivity contribution >= 4 is 24.0 Å². The van der Waals surface area contributed by atoms with Crippen molar-refractivity contribution < 1.29 is 18.5 Å². The van der Waals surface area contributed by atoms with E-state index in [1.165, 1.54) is 0 Å². The molecule has 2 aromatic carbocycles. The first kappa shape index (κ1) is 25.1. The molecular formula is C30H38BNO4. The van der Waals surface area contributed by atoms with Crippen molar-refractivity contribution in [2.45, 2.75) is 83.9 Å². The van der Waals surface area contributed by atoms with Crippen molar-refractivity contribution in [3.8, 4) is 0 Å². The van der Waals surface area contributed by atoms with Gasteiger partial charge in [-0.15, -0.1) is 0 Å². The van der Waals surface area contributed by atoms with Gasteiger partial charge in [0, 0.05) is 5.39 Å². The second kappa shape index (κ2) is 9.72. The first-order valence-electron chi connectivity index (χ1n) is 13.3. The Bertz CT molecular complexity index is 1200. The van der Waals surface area contributed by atoms with Crippen LogP contribution in [-0.4, -0.2) is 30.7 Å². The van der Waals surface area contributed by atoms with Crippen LogP contribution in [-0.2, 0) is 20.5 Å². The minimum atomic E-state index is -0.515. The van der Waals surface area contributed by atoms with Crippen LogP contribution < -0.4 is 5.32 Å². The molecule has 1 amide bonds. The highest BCUT2D eigenvalue weighted by atomic mass is 16.7. The lowest BCUT2D eigenvalue weighted by Gasteiger charge is -2.43. The van der Waals surface area contributed by atoms with E-state index in [2.05, 4.69) is 39.1 Å². The molecule has 36 heavy (non-hydrogen) atoms. The number of hydrogen-bond donors (Lipinski definition) is 1. The van der Waals surface area contributed by atoms with Crippen LogP contribution in [0.25, 0.3) is 11.0 Å². The summed E-state index contributed by atoms with van der Waals surface area (Å²) in [6.45, 7) is 11.1. The molecular weight excluding hydrogens is 449 g/mol. The number of fused-ring (bicyclic) bond motifs is 2. The van der Waals surface area contributed by atoms with Crippen LogP contribution in [0.15, 0.2) is 65.3 Å². The number of para-hydroxylation sites is 1. The van der Waals surface area contributed by atoms with Gasteiger partial charge in [-0.25, -0.2) is 0 Å². The van der Waals surface area contributed by atoms with E-state index in [-0.39, 0.29) is 34.9 Å². The van der Waals surface area contributed by atoms with E-state index in [0.29, 0.717) is 12.3 Å². The van der Waals surface area contributed by atoms with E-state index in [1.807, 2.05) is 55.5 Å². The zero-order valence-electron chi connectivity index (χ0n) is 22.1. The normalized spacial score (nSPS) is 26.0. The molecule has 2 aliphatic rings. The Labute approximate surface area is 215 Å². The predicted molar refractivity (Wildman–Crippen MR) is 144 cm³/mol. The highest BCUT2D eigenvalue weighted by molar-refractivity contribution is 6.48. The third-order valence-corrected chi connectivity index (χ3v) is 8.43. The van der Waals surface area contributed by atoms with Gasteiger partial charge in [-0.3, -0.25) is 4.79 Å². The number of rotatable bonds is 6. The maximum absolute atomic E-state index is 13.4. The van der Waals surface area contributed by atoms with Crippen LogP contribution in [0.5, 0.6) is 0 Å². The van der Waals surface area contributed by atoms with Gasteiger partial charge in [-0.2, -0.15) is 0 Å². The van der Waals surface area contributed by atoms with E-state index in [4.69, 9.17) is 13.7 Å². The van der Waals surface area contributed by atoms with Gasteiger partial charge in [0.25, 0.3) is 0 Å². The third-order valence-electron chi connectivity index (χ3n) is 8.43. The molecule has 1 N–H and O–H groups in total. The smallest absolute Gasteiger partial charge is 0.464 e. The number of nitrogens with one attached hydrogen (secondary N) is 1. The van der Waals surface area contributed by atoms with Gasteiger partial charge in [-0.05, 0) is 68.1 Å². The molecule has 5 rings (SSSR count). The number of amides is 1. The van der Waals surface area contributed by atoms with Crippen molar-refractivity contribution in [2.24, 2.45) is 11.3 Å². The molecule has 3 aromatic rings. The summed E-state index contributed by atoms with van der Waals surface area (Å²) < 4.78 is 19.1. The van der Waals surface area contributed by atoms with Crippen molar-refractivity contribution in [1.82, 2.24) is 5.32 Å². The van der Waals surface area contributed by atoms with Gasteiger partial charge in [-0.1, -0.05) is 69.3 Å². The Morgan fingerprint density at radius 3 is 2.61 bits per heavy atom. The second-order valence-electron chi connectivity index (χ2n) is 12.0. The minimum absolute atomic E-state index is 0.0208. The molecule has 1 aliphatic carbocycles. The fourth-order valence-electron chi connectivity index (χ4n) is 5.84. The molecule has 0 radical (unpaired) electrons. The fraction of sp³-hybridized carbons (Fsp3) is 0.500. The summed E-state index contributed by atoms with van der Waals surface area (Å²) in [4.78, 5) is 13.4. The van der Waals surface area contributed by atoms with Crippen LogP contribution in [0, 0.1) is 11.3 Å². The third kappa shape index (κ3) is 4.98. The summed E-state index contributed by atoms with van der Waals surface area (Å²) in [6, 6.07) is 17.9. The maximum Gasteiger partial charge on any atom is 0.482 e. The van der Waals surface area contributed by atoms with E-state index in [9.17, 15) is 4.79 Å². The number of benzene rings is 2. The molecule has 3 unspecified atom stereocenters. The number of hydrogen-bond acceptors (Lipinski definition) is 4.